The van der Waals surface area contributed by atoms with Gasteiger partial charge in [0.2, 0.25) is 0 Å². The zero-order valence-electron chi connectivity index (χ0n) is 14.9. The number of nitrogens with one attached hydrogen (secondary N) is 2. The lowest BCUT2D eigenvalue weighted by Gasteiger charge is -2.23. The second kappa shape index (κ2) is 8.47. The number of hydrogen-bond donors (Lipinski definition) is 2. The molecular formula is C18H27N5O. The molecule has 0 bridgehead atoms. The summed E-state index contributed by atoms with van der Waals surface area (Å²) in [5, 5.41) is 10.2. The van der Waals surface area contributed by atoms with Crippen LogP contribution in [-0.4, -0.2) is 27.3 Å². The summed E-state index contributed by atoms with van der Waals surface area (Å²) in [6.07, 6.45) is 6.44. The van der Waals surface area contributed by atoms with Gasteiger partial charge in [-0.1, -0.05) is 19.9 Å². The Morgan fingerprint density at radius 1 is 1.33 bits per heavy atom. The maximum absolute atomic E-state index is 12.2. The first-order valence-corrected chi connectivity index (χ1v) is 8.42. The monoisotopic (exact) mass is 329 g/mol. The fraction of sp³-hybridized carbons (Fsp3) is 0.500. The van der Waals surface area contributed by atoms with Crippen molar-refractivity contribution in [3.05, 3.63) is 47.5 Å². The molecule has 2 aromatic rings. The molecule has 0 aliphatic rings. The van der Waals surface area contributed by atoms with Crippen LogP contribution in [0, 0.1) is 19.8 Å². The molecule has 1 atom stereocenters. The Kier molecular flexibility index (Phi) is 6.35. The number of aromatic nitrogens is 3. The summed E-state index contributed by atoms with van der Waals surface area (Å²) < 4.78 is 1.89. The molecule has 0 fully saturated rings. The molecule has 0 radical (unpaired) electrons. The summed E-state index contributed by atoms with van der Waals surface area (Å²) >= 11 is 0. The van der Waals surface area contributed by atoms with Gasteiger partial charge >= 0.3 is 6.03 Å². The van der Waals surface area contributed by atoms with Crippen LogP contribution in [0.4, 0.5) is 4.79 Å². The molecule has 6 nitrogen and oxygen atoms in total. The molecule has 130 valence electrons. The Morgan fingerprint density at radius 3 is 2.75 bits per heavy atom. The zero-order chi connectivity index (χ0) is 17.5. The maximum atomic E-state index is 12.2. The smallest absolute Gasteiger partial charge is 0.315 e. The van der Waals surface area contributed by atoms with Gasteiger partial charge in [-0.2, -0.15) is 5.10 Å². The number of urea groups is 1. The van der Waals surface area contributed by atoms with Crippen LogP contribution < -0.4 is 10.6 Å². The number of amides is 2. The first-order chi connectivity index (χ1) is 11.5. The highest BCUT2D eigenvalue weighted by molar-refractivity contribution is 5.74. The van der Waals surface area contributed by atoms with Gasteiger partial charge in [0.25, 0.3) is 0 Å². The van der Waals surface area contributed by atoms with Gasteiger partial charge in [0.05, 0.1) is 17.9 Å². The van der Waals surface area contributed by atoms with E-state index in [1.807, 2.05) is 43.1 Å². The van der Waals surface area contributed by atoms with Crippen molar-refractivity contribution < 1.29 is 4.79 Å². The summed E-state index contributed by atoms with van der Waals surface area (Å²) in [5.74, 6) is 0.261. The predicted octanol–water partition coefficient (Wildman–Crippen LogP) is 2.98. The third kappa shape index (κ3) is 5.08. The lowest BCUT2D eigenvalue weighted by Crippen LogP contribution is -2.40. The molecule has 6 heteroatoms. The first kappa shape index (κ1) is 18.0. The lowest BCUT2D eigenvalue weighted by molar-refractivity contribution is 0.232. The van der Waals surface area contributed by atoms with Gasteiger partial charge in [-0.05, 0) is 43.4 Å². The van der Waals surface area contributed by atoms with Crippen LogP contribution in [0.3, 0.4) is 0 Å². The van der Waals surface area contributed by atoms with Crippen LogP contribution in [-0.2, 0) is 6.54 Å². The highest BCUT2D eigenvalue weighted by atomic mass is 16.2. The Balaban J connectivity index is 1.82. The topological polar surface area (TPSA) is 71.8 Å². The van der Waals surface area contributed by atoms with Crippen molar-refractivity contribution in [1.29, 1.82) is 0 Å². The number of carbonyl (C=O) groups excluding carboxylic acids is 1. The number of rotatable bonds is 7. The summed E-state index contributed by atoms with van der Waals surface area (Å²) in [7, 11) is 0. The van der Waals surface area contributed by atoms with Crippen LogP contribution >= 0.6 is 0 Å². The van der Waals surface area contributed by atoms with Gasteiger partial charge in [-0.25, -0.2) is 4.79 Å². The second-order valence-electron chi connectivity index (χ2n) is 6.46. The number of pyridine rings is 1. The normalized spacial score (nSPS) is 12.2. The maximum Gasteiger partial charge on any atom is 0.315 e. The molecule has 0 aliphatic carbocycles. The molecule has 0 aliphatic heterocycles. The Bertz CT molecular complexity index is 665. The van der Waals surface area contributed by atoms with E-state index in [-0.39, 0.29) is 18.0 Å². The van der Waals surface area contributed by atoms with E-state index in [0.717, 1.165) is 29.8 Å². The summed E-state index contributed by atoms with van der Waals surface area (Å²) in [6.45, 7) is 9.60. The van der Waals surface area contributed by atoms with Crippen molar-refractivity contribution in [2.75, 3.05) is 6.54 Å². The number of nitrogens with zero attached hydrogens (tertiary/aromatic N) is 3. The van der Waals surface area contributed by atoms with Crippen LogP contribution in [0.2, 0.25) is 0 Å². The first-order valence-electron chi connectivity index (χ1n) is 8.42. The molecule has 0 aromatic carbocycles. The third-order valence-electron chi connectivity index (χ3n) is 3.91. The predicted molar refractivity (Wildman–Crippen MR) is 94.7 cm³/mol. The molecule has 0 saturated carbocycles. The largest absolute Gasteiger partial charge is 0.338 e. The van der Waals surface area contributed by atoms with E-state index < -0.39 is 0 Å². The standard InChI is InChI=1S/C18H27N5O/c1-13(2)16(17-15(4)7-5-8-19-17)22-18(24)20-9-6-10-23-12-14(3)11-21-23/h5,7-8,11-13,16H,6,9-10H2,1-4H3,(H2,20,22,24)/t16-/m1/s1. The van der Waals surface area contributed by atoms with Crippen molar-refractivity contribution >= 4 is 6.03 Å². The van der Waals surface area contributed by atoms with Crippen molar-refractivity contribution in [3.63, 3.8) is 0 Å². The van der Waals surface area contributed by atoms with Gasteiger partial charge in [-0.3, -0.25) is 9.67 Å². The van der Waals surface area contributed by atoms with Crippen LogP contribution in [0.25, 0.3) is 0 Å². The Labute approximate surface area is 143 Å². The second-order valence-corrected chi connectivity index (χ2v) is 6.46. The summed E-state index contributed by atoms with van der Waals surface area (Å²) in [5.41, 5.74) is 3.16. The van der Waals surface area contributed by atoms with E-state index >= 15 is 0 Å². The molecular weight excluding hydrogens is 302 g/mol. The SMILES string of the molecule is Cc1cnn(CCCNC(=O)N[C@@H](c2ncccc2C)C(C)C)c1. The average Bonchev–Trinajstić information content (AvgIpc) is 2.95. The van der Waals surface area contributed by atoms with E-state index in [1.165, 1.54) is 0 Å². The van der Waals surface area contributed by atoms with Crippen molar-refractivity contribution in [2.24, 2.45) is 5.92 Å². The molecule has 0 saturated heterocycles. The van der Waals surface area contributed by atoms with Crippen LogP contribution in [0.5, 0.6) is 0 Å². The van der Waals surface area contributed by atoms with Crippen molar-refractivity contribution in [1.82, 2.24) is 25.4 Å². The molecule has 0 unspecified atom stereocenters. The van der Waals surface area contributed by atoms with E-state index in [9.17, 15) is 4.79 Å². The van der Waals surface area contributed by atoms with Gasteiger partial charge in [0.1, 0.15) is 0 Å². The molecule has 2 N–H and O–H groups in total. The van der Waals surface area contributed by atoms with Gasteiger partial charge in [0, 0.05) is 25.5 Å². The van der Waals surface area contributed by atoms with E-state index in [4.69, 9.17) is 0 Å². The lowest BCUT2D eigenvalue weighted by atomic mass is 9.97. The minimum Gasteiger partial charge on any atom is -0.338 e. The molecule has 2 rings (SSSR count). The molecule has 24 heavy (non-hydrogen) atoms. The molecule has 2 heterocycles. The van der Waals surface area contributed by atoms with E-state index in [0.29, 0.717) is 6.54 Å². The number of carbonyl (C=O) groups is 1. The number of hydrogen-bond acceptors (Lipinski definition) is 3. The zero-order valence-corrected chi connectivity index (χ0v) is 14.9. The average molecular weight is 329 g/mol. The Hall–Kier alpha value is -2.37. The van der Waals surface area contributed by atoms with Crippen molar-refractivity contribution in [3.8, 4) is 0 Å². The third-order valence-corrected chi connectivity index (χ3v) is 3.91. The Morgan fingerprint density at radius 2 is 2.12 bits per heavy atom. The minimum atomic E-state index is -0.157. The molecule has 0 spiro atoms. The van der Waals surface area contributed by atoms with Crippen molar-refractivity contribution in [2.45, 2.75) is 46.7 Å². The highest BCUT2D eigenvalue weighted by Gasteiger charge is 2.20. The van der Waals surface area contributed by atoms with Crippen LogP contribution in [0.15, 0.2) is 30.7 Å². The summed E-state index contributed by atoms with van der Waals surface area (Å²) in [4.78, 5) is 16.6. The fourth-order valence-corrected chi connectivity index (χ4v) is 2.60. The van der Waals surface area contributed by atoms with E-state index in [1.54, 1.807) is 6.20 Å². The fourth-order valence-electron chi connectivity index (χ4n) is 2.60. The highest BCUT2D eigenvalue weighted by Crippen LogP contribution is 2.22. The van der Waals surface area contributed by atoms with Gasteiger partial charge < -0.3 is 10.6 Å². The minimum absolute atomic E-state index is 0.0973. The van der Waals surface area contributed by atoms with Crippen LogP contribution in [0.1, 0.15) is 43.1 Å². The number of aryl methyl sites for hydroxylation is 3. The molecule has 2 amide bonds. The van der Waals surface area contributed by atoms with E-state index in [2.05, 4.69) is 34.6 Å². The summed E-state index contributed by atoms with van der Waals surface area (Å²) in [6, 6.07) is 3.67. The quantitative estimate of drug-likeness (QED) is 0.767. The van der Waals surface area contributed by atoms with Gasteiger partial charge in [-0.15, -0.1) is 0 Å². The van der Waals surface area contributed by atoms with Gasteiger partial charge in [0.15, 0.2) is 0 Å². The molecule has 2 aromatic heterocycles.